The molecule has 0 amide bonds. The Morgan fingerprint density at radius 2 is 2.15 bits per heavy atom. The molecular formula is C16H18O3S. The average Bonchev–Trinajstić information content (AvgIpc) is 2.92. The summed E-state index contributed by atoms with van der Waals surface area (Å²) in [5.74, 6) is 0.0898. The van der Waals surface area contributed by atoms with Crippen molar-refractivity contribution in [3.63, 3.8) is 0 Å². The summed E-state index contributed by atoms with van der Waals surface area (Å²) in [4.78, 5) is 11.8. The summed E-state index contributed by atoms with van der Waals surface area (Å²) in [7, 11) is 0. The van der Waals surface area contributed by atoms with E-state index in [1.54, 1.807) is 12.1 Å². The van der Waals surface area contributed by atoms with Crippen LogP contribution >= 0.6 is 11.3 Å². The van der Waals surface area contributed by atoms with Gasteiger partial charge in [0.15, 0.2) is 5.06 Å². The Hall–Kier alpha value is -1.81. The van der Waals surface area contributed by atoms with Crippen LogP contribution in [0.3, 0.4) is 0 Å². The molecule has 2 rings (SSSR count). The average molecular weight is 290 g/mol. The lowest BCUT2D eigenvalue weighted by Crippen LogP contribution is -2.09. The standard InChI is InChI=1S/C16H18O3S/c1-3-12-10-14(17)11(2)9-13(12)6-7-15(18)19-16-5-4-8-20-16/h4-5,8-10,17H,3,6-7H2,1-2H3. The van der Waals surface area contributed by atoms with Gasteiger partial charge in [0.25, 0.3) is 0 Å². The van der Waals surface area contributed by atoms with E-state index in [2.05, 4.69) is 0 Å². The first-order valence-corrected chi connectivity index (χ1v) is 7.53. The Morgan fingerprint density at radius 1 is 1.35 bits per heavy atom. The van der Waals surface area contributed by atoms with E-state index in [1.165, 1.54) is 11.3 Å². The first-order chi connectivity index (χ1) is 9.60. The van der Waals surface area contributed by atoms with Crippen LogP contribution in [0.15, 0.2) is 29.6 Å². The molecule has 1 N–H and O–H groups in total. The van der Waals surface area contributed by atoms with E-state index in [9.17, 15) is 9.90 Å². The van der Waals surface area contributed by atoms with E-state index in [0.29, 0.717) is 23.7 Å². The number of carbonyl (C=O) groups is 1. The normalized spacial score (nSPS) is 10.5. The molecule has 1 heterocycles. The van der Waals surface area contributed by atoms with Gasteiger partial charge in [0.1, 0.15) is 5.75 Å². The Labute approximate surface area is 122 Å². The van der Waals surface area contributed by atoms with E-state index >= 15 is 0 Å². The highest BCUT2D eigenvalue weighted by Crippen LogP contribution is 2.24. The van der Waals surface area contributed by atoms with Gasteiger partial charge in [0.2, 0.25) is 0 Å². The van der Waals surface area contributed by atoms with Crippen LogP contribution in [0.5, 0.6) is 10.8 Å². The van der Waals surface area contributed by atoms with Crippen molar-refractivity contribution in [2.24, 2.45) is 0 Å². The van der Waals surface area contributed by atoms with Crippen molar-refractivity contribution in [2.45, 2.75) is 33.1 Å². The molecule has 0 radical (unpaired) electrons. The lowest BCUT2D eigenvalue weighted by molar-refractivity contribution is -0.134. The van der Waals surface area contributed by atoms with Gasteiger partial charge in [-0.15, -0.1) is 11.3 Å². The molecule has 0 unspecified atom stereocenters. The summed E-state index contributed by atoms with van der Waals surface area (Å²) >= 11 is 1.41. The summed E-state index contributed by atoms with van der Waals surface area (Å²) in [6, 6.07) is 7.37. The summed E-state index contributed by atoms with van der Waals surface area (Å²) in [6.45, 7) is 3.90. The maximum absolute atomic E-state index is 11.8. The molecule has 2 aromatic rings. The highest BCUT2D eigenvalue weighted by molar-refractivity contribution is 7.11. The third-order valence-corrected chi connectivity index (χ3v) is 3.95. The first-order valence-electron chi connectivity index (χ1n) is 6.65. The van der Waals surface area contributed by atoms with E-state index < -0.39 is 0 Å². The Kier molecular flexibility index (Phi) is 4.79. The zero-order valence-electron chi connectivity index (χ0n) is 11.7. The maximum atomic E-state index is 11.8. The topological polar surface area (TPSA) is 46.5 Å². The first kappa shape index (κ1) is 14.6. The molecule has 0 atom stereocenters. The van der Waals surface area contributed by atoms with E-state index in [4.69, 9.17) is 4.74 Å². The fourth-order valence-electron chi connectivity index (χ4n) is 2.08. The molecular weight excluding hydrogens is 272 g/mol. The molecule has 1 aromatic heterocycles. The van der Waals surface area contributed by atoms with Crippen LogP contribution in [0.2, 0.25) is 0 Å². The third-order valence-electron chi connectivity index (χ3n) is 3.21. The Balaban J connectivity index is 2.00. The number of esters is 1. The smallest absolute Gasteiger partial charge is 0.312 e. The minimum atomic E-state index is -0.222. The van der Waals surface area contributed by atoms with Crippen molar-refractivity contribution in [3.8, 4) is 10.8 Å². The molecule has 4 heteroatoms. The van der Waals surface area contributed by atoms with Crippen molar-refractivity contribution in [2.75, 3.05) is 0 Å². The summed E-state index contributed by atoms with van der Waals surface area (Å²) in [5, 5.41) is 12.2. The third kappa shape index (κ3) is 3.61. The number of phenolic OH excluding ortho intramolecular Hbond substituents is 1. The maximum Gasteiger partial charge on any atom is 0.312 e. The van der Waals surface area contributed by atoms with Crippen LogP contribution in [-0.4, -0.2) is 11.1 Å². The van der Waals surface area contributed by atoms with Gasteiger partial charge in [-0.1, -0.05) is 13.0 Å². The SMILES string of the molecule is CCc1cc(O)c(C)cc1CCC(=O)Oc1cccs1. The van der Waals surface area contributed by atoms with Gasteiger partial charge < -0.3 is 9.84 Å². The number of hydrogen-bond donors (Lipinski definition) is 1. The number of rotatable bonds is 5. The van der Waals surface area contributed by atoms with E-state index in [0.717, 1.165) is 23.1 Å². The second-order valence-corrected chi connectivity index (χ2v) is 5.58. The van der Waals surface area contributed by atoms with E-state index in [1.807, 2.05) is 31.4 Å². The van der Waals surface area contributed by atoms with Crippen LogP contribution < -0.4 is 4.74 Å². The van der Waals surface area contributed by atoms with Crippen molar-refractivity contribution in [3.05, 3.63) is 46.3 Å². The number of benzene rings is 1. The molecule has 0 bridgehead atoms. The lowest BCUT2D eigenvalue weighted by Gasteiger charge is -2.10. The lowest BCUT2D eigenvalue weighted by atomic mass is 9.98. The second-order valence-electron chi connectivity index (χ2n) is 4.67. The van der Waals surface area contributed by atoms with Crippen LogP contribution in [0.1, 0.15) is 30.0 Å². The van der Waals surface area contributed by atoms with Crippen LogP contribution in [0.4, 0.5) is 0 Å². The zero-order valence-corrected chi connectivity index (χ0v) is 12.5. The number of phenols is 1. The van der Waals surface area contributed by atoms with E-state index in [-0.39, 0.29) is 5.97 Å². The minimum Gasteiger partial charge on any atom is -0.508 e. The molecule has 20 heavy (non-hydrogen) atoms. The molecule has 0 aliphatic carbocycles. The van der Waals surface area contributed by atoms with Gasteiger partial charge in [-0.3, -0.25) is 4.79 Å². The molecule has 0 fully saturated rings. The van der Waals surface area contributed by atoms with Gasteiger partial charge in [-0.2, -0.15) is 0 Å². The summed E-state index contributed by atoms with van der Waals surface area (Å²) in [6.07, 6.45) is 1.81. The Bertz CT molecular complexity index is 588. The second kappa shape index (κ2) is 6.57. The molecule has 0 spiro atoms. The fraction of sp³-hybridized carbons (Fsp3) is 0.312. The largest absolute Gasteiger partial charge is 0.508 e. The van der Waals surface area contributed by atoms with Gasteiger partial charge in [0, 0.05) is 0 Å². The van der Waals surface area contributed by atoms with Crippen LogP contribution in [-0.2, 0) is 17.6 Å². The van der Waals surface area contributed by atoms with Gasteiger partial charge in [-0.25, -0.2) is 0 Å². The van der Waals surface area contributed by atoms with Gasteiger partial charge >= 0.3 is 5.97 Å². The number of carbonyl (C=O) groups excluding carboxylic acids is 1. The molecule has 0 aliphatic rings. The van der Waals surface area contributed by atoms with Gasteiger partial charge in [-0.05, 0) is 60.0 Å². The highest BCUT2D eigenvalue weighted by atomic mass is 32.1. The number of aryl methyl sites for hydroxylation is 3. The van der Waals surface area contributed by atoms with Crippen LogP contribution in [0, 0.1) is 6.92 Å². The molecule has 106 valence electrons. The van der Waals surface area contributed by atoms with Crippen LogP contribution in [0.25, 0.3) is 0 Å². The minimum absolute atomic E-state index is 0.222. The predicted molar refractivity (Wildman–Crippen MR) is 80.5 cm³/mol. The summed E-state index contributed by atoms with van der Waals surface area (Å²) in [5.41, 5.74) is 3.02. The monoisotopic (exact) mass is 290 g/mol. The fourth-order valence-corrected chi connectivity index (χ4v) is 2.67. The highest BCUT2D eigenvalue weighted by Gasteiger charge is 2.10. The Morgan fingerprint density at radius 3 is 2.80 bits per heavy atom. The molecule has 0 saturated heterocycles. The number of thiophene rings is 1. The molecule has 3 nitrogen and oxygen atoms in total. The van der Waals surface area contributed by atoms with Gasteiger partial charge in [0.05, 0.1) is 6.42 Å². The van der Waals surface area contributed by atoms with Crippen molar-refractivity contribution < 1.29 is 14.6 Å². The van der Waals surface area contributed by atoms with Crippen molar-refractivity contribution >= 4 is 17.3 Å². The quantitative estimate of drug-likeness (QED) is 0.850. The number of ether oxygens (including phenoxy) is 1. The van der Waals surface area contributed by atoms with Crippen molar-refractivity contribution in [1.82, 2.24) is 0 Å². The molecule has 0 saturated carbocycles. The number of hydrogen-bond acceptors (Lipinski definition) is 4. The number of aromatic hydroxyl groups is 1. The molecule has 0 aliphatic heterocycles. The van der Waals surface area contributed by atoms with Crippen molar-refractivity contribution in [1.29, 1.82) is 0 Å². The zero-order chi connectivity index (χ0) is 14.5. The predicted octanol–water partition coefficient (Wildman–Crippen LogP) is 3.86. The summed E-state index contributed by atoms with van der Waals surface area (Å²) < 4.78 is 5.23. The molecule has 1 aromatic carbocycles.